The maximum Gasteiger partial charge on any atom is 0.287 e. The van der Waals surface area contributed by atoms with Crippen molar-refractivity contribution in [3.8, 4) is 0 Å². The third-order valence-corrected chi connectivity index (χ3v) is 4.25. The number of nitrogens with one attached hydrogen (secondary N) is 1. The Balaban J connectivity index is 1.68. The van der Waals surface area contributed by atoms with Crippen molar-refractivity contribution < 1.29 is 9.21 Å². The van der Waals surface area contributed by atoms with Gasteiger partial charge in [0, 0.05) is 30.9 Å². The molecule has 1 aliphatic carbocycles. The average molecular weight is 302 g/mol. The second-order valence-electron chi connectivity index (χ2n) is 6.06. The second kappa shape index (κ2) is 5.96. The minimum absolute atomic E-state index is 0.0839. The third-order valence-electron chi connectivity index (χ3n) is 4.25. The zero-order valence-corrected chi connectivity index (χ0v) is 13.3. The highest BCUT2D eigenvalue weighted by Gasteiger charge is 2.24. The van der Waals surface area contributed by atoms with E-state index in [2.05, 4.69) is 15.3 Å². The molecule has 1 amide bonds. The predicted octanol–water partition coefficient (Wildman–Crippen LogP) is 1.53. The number of aryl methyl sites for hydroxylation is 2. The van der Waals surface area contributed by atoms with Crippen molar-refractivity contribution in [2.24, 2.45) is 7.05 Å². The van der Waals surface area contributed by atoms with Gasteiger partial charge in [-0.2, -0.15) is 5.10 Å². The lowest BCUT2D eigenvalue weighted by Crippen LogP contribution is -2.34. The van der Waals surface area contributed by atoms with E-state index in [1.807, 2.05) is 33.5 Å². The molecule has 2 heterocycles. The van der Waals surface area contributed by atoms with E-state index in [0.717, 1.165) is 30.4 Å². The Morgan fingerprint density at radius 3 is 3.00 bits per heavy atom. The number of carbonyl (C=O) groups is 1. The van der Waals surface area contributed by atoms with E-state index in [1.54, 1.807) is 10.9 Å². The van der Waals surface area contributed by atoms with Crippen molar-refractivity contribution in [1.82, 2.24) is 20.0 Å². The van der Waals surface area contributed by atoms with Gasteiger partial charge in [0.1, 0.15) is 0 Å². The van der Waals surface area contributed by atoms with Crippen molar-refractivity contribution in [2.45, 2.75) is 25.3 Å². The zero-order valence-electron chi connectivity index (χ0n) is 13.3. The minimum Gasteiger partial charge on any atom is -0.459 e. The highest BCUT2D eigenvalue weighted by atomic mass is 16.3. The molecule has 1 unspecified atom stereocenters. The van der Waals surface area contributed by atoms with Crippen LogP contribution in [-0.4, -0.2) is 41.2 Å². The molecule has 0 spiro atoms. The second-order valence-corrected chi connectivity index (χ2v) is 6.06. The predicted molar refractivity (Wildman–Crippen MR) is 82.7 cm³/mol. The lowest BCUT2D eigenvalue weighted by Gasteiger charge is -2.23. The fourth-order valence-corrected chi connectivity index (χ4v) is 3.03. The summed E-state index contributed by atoms with van der Waals surface area (Å²) in [6.07, 6.45) is 8.60. The lowest BCUT2D eigenvalue weighted by atomic mass is 10.1. The monoisotopic (exact) mass is 302 g/mol. The first-order valence-corrected chi connectivity index (χ1v) is 7.58. The van der Waals surface area contributed by atoms with Gasteiger partial charge in [-0.25, -0.2) is 0 Å². The van der Waals surface area contributed by atoms with E-state index in [-0.39, 0.29) is 11.9 Å². The number of hydrogen-bond donors (Lipinski definition) is 1. The summed E-state index contributed by atoms with van der Waals surface area (Å²) in [7, 11) is 5.88. The van der Waals surface area contributed by atoms with E-state index in [9.17, 15) is 4.79 Å². The summed E-state index contributed by atoms with van der Waals surface area (Å²) in [6, 6.07) is 0.0839. The van der Waals surface area contributed by atoms with Crippen molar-refractivity contribution in [1.29, 1.82) is 0 Å². The van der Waals surface area contributed by atoms with Gasteiger partial charge in [-0.1, -0.05) is 0 Å². The van der Waals surface area contributed by atoms with Gasteiger partial charge in [0.15, 0.2) is 5.76 Å². The summed E-state index contributed by atoms with van der Waals surface area (Å²) >= 11 is 0. The van der Waals surface area contributed by atoms with Crippen molar-refractivity contribution in [3.05, 3.63) is 41.1 Å². The van der Waals surface area contributed by atoms with Gasteiger partial charge in [-0.3, -0.25) is 9.48 Å². The van der Waals surface area contributed by atoms with Crippen LogP contribution in [-0.2, 0) is 19.9 Å². The van der Waals surface area contributed by atoms with Crippen LogP contribution in [0.1, 0.15) is 39.7 Å². The molecule has 2 aromatic heterocycles. The highest BCUT2D eigenvalue weighted by molar-refractivity contribution is 5.93. The Kier molecular flexibility index (Phi) is 4.02. The third kappa shape index (κ3) is 2.78. The van der Waals surface area contributed by atoms with Crippen LogP contribution in [0.3, 0.4) is 0 Å². The molecule has 6 heteroatoms. The number of furan rings is 1. The fraction of sp³-hybridized carbons (Fsp3) is 0.500. The largest absolute Gasteiger partial charge is 0.459 e. The summed E-state index contributed by atoms with van der Waals surface area (Å²) in [5.74, 6) is 0.357. The molecule has 0 bridgehead atoms. The van der Waals surface area contributed by atoms with E-state index in [4.69, 9.17) is 4.42 Å². The van der Waals surface area contributed by atoms with Gasteiger partial charge in [-0.15, -0.1) is 0 Å². The Morgan fingerprint density at radius 2 is 2.32 bits per heavy atom. The molecule has 1 atom stereocenters. The number of nitrogens with zero attached hydrogens (tertiary/aromatic N) is 3. The summed E-state index contributed by atoms with van der Waals surface area (Å²) in [4.78, 5) is 14.5. The Bertz CT molecular complexity index is 671. The quantitative estimate of drug-likeness (QED) is 0.910. The molecule has 0 aromatic carbocycles. The molecule has 2 aromatic rings. The maximum atomic E-state index is 12.4. The SMILES string of the molecule is CN(C)C(CNC(=O)c1occ2c1CCC2)c1cnn(C)c1. The smallest absolute Gasteiger partial charge is 0.287 e. The topological polar surface area (TPSA) is 63.3 Å². The van der Waals surface area contributed by atoms with E-state index >= 15 is 0 Å². The molecule has 6 nitrogen and oxygen atoms in total. The molecule has 1 aliphatic rings. The number of hydrogen-bond acceptors (Lipinski definition) is 4. The van der Waals surface area contributed by atoms with Gasteiger partial charge in [0.05, 0.1) is 18.5 Å². The number of amides is 1. The average Bonchev–Trinajstić information content (AvgIpc) is 3.14. The van der Waals surface area contributed by atoms with Crippen LogP contribution in [0.15, 0.2) is 23.1 Å². The van der Waals surface area contributed by atoms with Gasteiger partial charge < -0.3 is 14.6 Å². The van der Waals surface area contributed by atoms with Crippen molar-refractivity contribution in [3.63, 3.8) is 0 Å². The standard InChI is InChI=1S/C16H22N4O2/c1-19(2)14(12-7-18-20(3)9-12)8-17-16(21)15-13-6-4-5-11(13)10-22-15/h7,9-10,14H,4-6,8H2,1-3H3,(H,17,21). The number of aromatic nitrogens is 2. The lowest BCUT2D eigenvalue weighted by molar-refractivity contribution is 0.0912. The number of rotatable bonds is 5. The van der Waals surface area contributed by atoms with Gasteiger partial charge in [0.2, 0.25) is 0 Å². The summed E-state index contributed by atoms with van der Waals surface area (Å²) < 4.78 is 7.23. The van der Waals surface area contributed by atoms with E-state index < -0.39 is 0 Å². The number of carbonyl (C=O) groups excluding carboxylic acids is 1. The van der Waals surface area contributed by atoms with E-state index in [0.29, 0.717) is 12.3 Å². The first-order chi connectivity index (χ1) is 10.6. The highest BCUT2D eigenvalue weighted by Crippen LogP contribution is 2.27. The summed E-state index contributed by atoms with van der Waals surface area (Å²) in [5, 5.41) is 7.20. The van der Waals surface area contributed by atoms with Crippen molar-refractivity contribution in [2.75, 3.05) is 20.6 Å². The summed E-state index contributed by atoms with van der Waals surface area (Å²) in [6.45, 7) is 0.521. The Hall–Kier alpha value is -2.08. The zero-order chi connectivity index (χ0) is 15.7. The first kappa shape index (κ1) is 14.8. The molecule has 0 fully saturated rings. The summed E-state index contributed by atoms with van der Waals surface area (Å²) in [5.41, 5.74) is 3.35. The molecule has 0 aliphatic heterocycles. The van der Waals surface area contributed by atoms with Gasteiger partial charge in [-0.05, 0) is 38.9 Å². The van der Waals surface area contributed by atoms with Crippen molar-refractivity contribution >= 4 is 5.91 Å². The Morgan fingerprint density at radius 1 is 1.50 bits per heavy atom. The molecular formula is C16H22N4O2. The maximum absolute atomic E-state index is 12.4. The van der Waals surface area contributed by atoms with Gasteiger partial charge >= 0.3 is 0 Å². The van der Waals surface area contributed by atoms with Crippen LogP contribution in [0.2, 0.25) is 0 Å². The first-order valence-electron chi connectivity index (χ1n) is 7.58. The molecule has 22 heavy (non-hydrogen) atoms. The number of fused-ring (bicyclic) bond motifs is 1. The molecule has 0 radical (unpaired) electrons. The van der Waals surface area contributed by atoms with Gasteiger partial charge in [0.25, 0.3) is 5.91 Å². The molecule has 118 valence electrons. The van der Waals surface area contributed by atoms with Crippen LogP contribution in [0.5, 0.6) is 0 Å². The Labute approximate surface area is 130 Å². The van der Waals surface area contributed by atoms with Crippen LogP contribution >= 0.6 is 0 Å². The normalized spacial score (nSPS) is 15.1. The molecule has 0 saturated carbocycles. The molecule has 0 saturated heterocycles. The van der Waals surface area contributed by atoms with Crippen LogP contribution in [0, 0.1) is 0 Å². The number of likely N-dealkylation sites (N-methyl/N-ethyl adjacent to an activating group) is 1. The molecular weight excluding hydrogens is 280 g/mol. The fourth-order valence-electron chi connectivity index (χ4n) is 3.03. The van der Waals surface area contributed by atoms with Crippen LogP contribution in [0.25, 0.3) is 0 Å². The minimum atomic E-state index is -0.126. The molecule has 3 rings (SSSR count). The molecule has 1 N–H and O–H groups in total. The van der Waals surface area contributed by atoms with E-state index in [1.165, 1.54) is 5.56 Å². The van der Waals surface area contributed by atoms with Crippen LogP contribution < -0.4 is 5.32 Å². The van der Waals surface area contributed by atoms with Crippen LogP contribution in [0.4, 0.5) is 0 Å².